The highest BCUT2D eigenvalue weighted by atomic mass is 35.5. The van der Waals surface area contributed by atoms with E-state index < -0.39 is 23.6 Å². The van der Waals surface area contributed by atoms with Crippen LogP contribution in [0, 0.1) is 0 Å². The molecule has 0 amide bonds. The van der Waals surface area contributed by atoms with Crippen molar-refractivity contribution in [3.05, 3.63) is 74.1 Å². The lowest BCUT2D eigenvalue weighted by Gasteiger charge is -2.17. The van der Waals surface area contributed by atoms with Gasteiger partial charge in [-0.25, -0.2) is 9.59 Å². The number of carbonyl (C=O) groups is 1. The molecule has 7 heteroatoms. The minimum absolute atomic E-state index is 0.262. The van der Waals surface area contributed by atoms with E-state index in [1.54, 1.807) is 42.5 Å². The van der Waals surface area contributed by atoms with E-state index in [1.807, 2.05) is 0 Å². The van der Waals surface area contributed by atoms with Gasteiger partial charge in [0, 0.05) is 0 Å². The molecule has 2 heterocycles. The van der Waals surface area contributed by atoms with E-state index >= 15 is 0 Å². The molecule has 2 atom stereocenters. The van der Waals surface area contributed by atoms with Gasteiger partial charge in [0.15, 0.2) is 0 Å². The molecule has 0 fully saturated rings. The van der Waals surface area contributed by atoms with Crippen LogP contribution in [-0.4, -0.2) is 19.2 Å². The summed E-state index contributed by atoms with van der Waals surface area (Å²) in [5.41, 5.74) is 0.685. The third-order valence-electron chi connectivity index (χ3n) is 4.39. The summed E-state index contributed by atoms with van der Waals surface area (Å²) >= 11 is 12.1. The second-order valence-electron chi connectivity index (χ2n) is 5.84. The Balaban J connectivity index is 1.99. The predicted molar refractivity (Wildman–Crippen MR) is 97.2 cm³/mol. The van der Waals surface area contributed by atoms with Crippen LogP contribution in [0.2, 0.25) is 10.0 Å². The van der Waals surface area contributed by atoms with Gasteiger partial charge >= 0.3 is 11.6 Å². The fourth-order valence-corrected chi connectivity index (χ4v) is 3.53. The van der Waals surface area contributed by atoms with E-state index in [2.05, 4.69) is 0 Å². The first kappa shape index (κ1) is 16.9. The van der Waals surface area contributed by atoms with E-state index in [-0.39, 0.29) is 5.56 Å². The molecule has 132 valence electrons. The lowest BCUT2D eigenvalue weighted by atomic mass is 9.88. The second-order valence-corrected chi connectivity index (χ2v) is 6.66. The molecule has 2 unspecified atom stereocenters. The van der Waals surface area contributed by atoms with E-state index in [4.69, 9.17) is 37.1 Å². The third-order valence-corrected chi connectivity index (χ3v) is 5.13. The summed E-state index contributed by atoms with van der Waals surface area (Å²) < 4.78 is 16.2. The molecule has 0 N–H and O–H groups in total. The largest absolute Gasteiger partial charge is 0.476 e. The number of ether oxygens (including phenoxy) is 2. The zero-order chi connectivity index (χ0) is 18.4. The molecular formula is C19H12Cl2O5. The predicted octanol–water partition coefficient (Wildman–Crippen LogP) is 4.17. The summed E-state index contributed by atoms with van der Waals surface area (Å²) in [5, 5.41) is 1.29. The Morgan fingerprint density at radius 2 is 1.88 bits per heavy atom. The monoisotopic (exact) mass is 390 g/mol. The normalized spacial score (nSPS) is 18.4. The number of hydrogen-bond donors (Lipinski definition) is 0. The summed E-state index contributed by atoms with van der Waals surface area (Å²) in [6, 6.07) is 11.9. The van der Waals surface area contributed by atoms with Gasteiger partial charge in [0.1, 0.15) is 11.3 Å². The van der Waals surface area contributed by atoms with Crippen LogP contribution in [0.15, 0.2) is 51.7 Å². The van der Waals surface area contributed by atoms with E-state index in [0.717, 1.165) is 0 Å². The van der Waals surface area contributed by atoms with Crippen LogP contribution in [-0.2, 0) is 9.53 Å². The first-order valence-corrected chi connectivity index (χ1v) is 8.52. The smallest absolute Gasteiger partial charge is 0.348 e. The molecule has 1 aliphatic rings. The number of methoxy groups -OCH3 is 1. The molecule has 0 radical (unpaired) electrons. The highest BCUT2D eigenvalue weighted by Gasteiger charge is 2.45. The van der Waals surface area contributed by atoms with Gasteiger partial charge in [0.05, 0.1) is 34.0 Å². The lowest BCUT2D eigenvalue weighted by molar-refractivity contribution is -0.148. The molecule has 4 rings (SSSR count). The molecule has 1 aliphatic heterocycles. The van der Waals surface area contributed by atoms with Crippen LogP contribution in [0.4, 0.5) is 0 Å². The maximum Gasteiger partial charge on any atom is 0.348 e. The number of benzene rings is 2. The zero-order valence-corrected chi connectivity index (χ0v) is 15.0. The Morgan fingerprint density at radius 1 is 1.12 bits per heavy atom. The second kappa shape index (κ2) is 6.34. The fourth-order valence-electron chi connectivity index (χ4n) is 3.23. The van der Waals surface area contributed by atoms with Crippen LogP contribution in [0.5, 0.6) is 5.75 Å². The van der Waals surface area contributed by atoms with Crippen molar-refractivity contribution in [1.82, 2.24) is 0 Å². The van der Waals surface area contributed by atoms with Gasteiger partial charge in [-0.05, 0) is 29.8 Å². The number of rotatable bonds is 2. The molecule has 0 saturated heterocycles. The Labute approximate surface area is 158 Å². The van der Waals surface area contributed by atoms with Crippen LogP contribution >= 0.6 is 23.2 Å². The Kier molecular flexibility index (Phi) is 4.13. The van der Waals surface area contributed by atoms with Gasteiger partial charge in [0.2, 0.25) is 6.10 Å². The molecule has 26 heavy (non-hydrogen) atoms. The lowest BCUT2D eigenvalue weighted by Crippen LogP contribution is -2.31. The molecule has 3 aromatic rings. The number of fused-ring (bicyclic) bond motifs is 3. The summed E-state index contributed by atoms with van der Waals surface area (Å²) in [6.45, 7) is 0. The summed E-state index contributed by atoms with van der Waals surface area (Å²) in [7, 11) is 1.27. The van der Waals surface area contributed by atoms with Crippen molar-refractivity contribution in [1.29, 1.82) is 0 Å². The SMILES string of the molecule is COC(=O)C1Oc2c(c(=O)oc3ccccc23)C1c1ccc(Cl)c(Cl)c1. The Morgan fingerprint density at radius 3 is 2.62 bits per heavy atom. The van der Waals surface area contributed by atoms with Crippen molar-refractivity contribution in [3.8, 4) is 5.75 Å². The average Bonchev–Trinajstić information content (AvgIpc) is 3.05. The quantitative estimate of drug-likeness (QED) is 0.485. The molecule has 1 aromatic heterocycles. The van der Waals surface area contributed by atoms with Gasteiger partial charge in [-0.2, -0.15) is 0 Å². The minimum atomic E-state index is -1.03. The first-order chi connectivity index (χ1) is 12.5. The van der Waals surface area contributed by atoms with E-state index in [1.165, 1.54) is 7.11 Å². The molecule has 0 saturated carbocycles. The highest BCUT2D eigenvalue weighted by Crippen LogP contribution is 2.45. The number of hydrogen-bond acceptors (Lipinski definition) is 5. The van der Waals surface area contributed by atoms with Gasteiger partial charge in [-0.15, -0.1) is 0 Å². The highest BCUT2D eigenvalue weighted by molar-refractivity contribution is 6.42. The molecule has 0 aliphatic carbocycles. The van der Waals surface area contributed by atoms with Crippen molar-refractivity contribution in [2.45, 2.75) is 12.0 Å². The summed E-state index contributed by atoms with van der Waals surface area (Å²) in [6.07, 6.45) is -1.03. The topological polar surface area (TPSA) is 65.7 Å². The standard InChI is InChI=1S/C19H12Cl2O5/c1-24-19(23)17-14(9-6-7-11(20)12(21)8-9)15-16(26-17)10-4-2-3-5-13(10)25-18(15)22/h2-8,14,17H,1H3. The molecule has 0 bridgehead atoms. The maximum absolute atomic E-state index is 12.7. The van der Waals surface area contributed by atoms with Crippen LogP contribution in [0.1, 0.15) is 17.0 Å². The zero-order valence-electron chi connectivity index (χ0n) is 13.5. The Hall–Kier alpha value is -2.50. The average molecular weight is 391 g/mol. The van der Waals surface area contributed by atoms with Gasteiger partial charge in [-0.3, -0.25) is 0 Å². The summed E-state index contributed by atoms with van der Waals surface area (Å²) in [4.78, 5) is 25.0. The molecular weight excluding hydrogens is 379 g/mol. The van der Waals surface area contributed by atoms with Crippen molar-refractivity contribution < 1.29 is 18.7 Å². The van der Waals surface area contributed by atoms with Crippen LogP contribution < -0.4 is 10.4 Å². The van der Waals surface area contributed by atoms with Crippen molar-refractivity contribution in [2.24, 2.45) is 0 Å². The number of esters is 1. The molecule has 5 nitrogen and oxygen atoms in total. The third kappa shape index (κ3) is 2.55. The van der Waals surface area contributed by atoms with Gasteiger partial charge < -0.3 is 13.9 Å². The van der Waals surface area contributed by atoms with Gasteiger partial charge in [0.25, 0.3) is 0 Å². The maximum atomic E-state index is 12.7. The van der Waals surface area contributed by atoms with Gasteiger partial charge in [-0.1, -0.05) is 41.4 Å². The summed E-state index contributed by atoms with van der Waals surface area (Å²) in [5.74, 6) is -0.989. The Bertz CT molecular complexity index is 1090. The van der Waals surface area contributed by atoms with Crippen molar-refractivity contribution in [2.75, 3.05) is 7.11 Å². The minimum Gasteiger partial charge on any atom is -0.476 e. The first-order valence-electron chi connectivity index (χ1n) is 7.76. The number of para-hydroxylation sites is 1. The van der Waals surface area contributed by atoms with E-state index in [9.17, 15) is 9.59 Å². The molecule has 0 spiro atoms. The fraction of sp³-hybridized carbons (Fsp3) is 0.158. The van der Waals surface area contributed by atoms with Crippen LogP contribution in [0.3, 0.4) is 0 Å². The van der Waals surface area contributed by atoms with Crippen molar-refractivity contribution in [3.63, 3.8) is 0 Å². The molecule has 2 aromatic carbocycles. The number of halogens is 2. The van der Waals surface area contributed by atoms with Crippen molar-refractivity contribution >= 4 is 40.1 Å². The van der Waals surface area contributed by atoms with Crippen LogP contribution in [0.25, 0.3) is 11.0 Å². The van der Waals surface area contributed by atoms with E-state index in [0.29, 0.717) is 32.3 Å². The number of carbonyl (C=O) groups excluding carboxylic acids is 1.